The van der Waals surface area contributed by atoms with Gasteiger partial charge in [-0.05, 0) is 19.4 Å². The van der Waals surface area contributed by atoms with Crippen LogP contribution in [0.5, 0.6) is 0 Å². The van der Waals surface area contributed by atoms with Gasteiger partial charge in [-0.1, -0.05) is 30.3 Å². The van der Waals surface area contributed by atoms with E-state index in [9.17, 15) is 4.79 Å². The summed E-state index contributed by atoms with van der Waals surface area (Å²) in [6.07, 6.45) is 0. The van der Waals surface area contributed by atoms with E-state index in [1.165, 1.54) is 0 Å². The third-order valence-corrected chi connectivity index (χ3v) is 2.93. The second-order valence-corrected chi connectivity index (χ2v) is 4.36. The Morgan fingerprint density at radius 1 is 1.37 bits per heavy atom. The maximum Gasteiger partial charge on any atom is 0.241 e. The molecule has 1 atom stereocenters. The van der Waals surface area contributed by atoms with E-state index in [4.69, 9.17) is 10.2 Å². The van der Waals surface area contributed by atoms with Crippen LogP contribution in [0.3, 0.4) is 0 Å². The fourth-order valence-electron chi connectivity index (χ4n) is 1.70. The fraction of sp³-hybridized carbons (Fsp3) is 0.286. The maximum absolute atomic E-state index is 11.9. The fourth-order valence-corrected chi connectivity index (χ4v) is 1.70. The Morgan fingerprint density at radius 2 is 2.05 bits per heavy atom. The molecule has 100 valence electrons. The van der Waals surface area contributed by atoms with Crippen LogP contribution in [0, 0.1) is 13.8 Å². The van der Waals surface area contributed by atoms with E-state index in [0.717, 1.165) is 17.0 Å². The Morgan fingerprint density at radius 3 is 2.63 bits per heavy atom. The molecule has 3 N–H and O–H groups in total. The number of rotatable bonds is 4. The van der Waals surface area contributed by atoms with Crippen molar-refractivity contribution in [3.63, 3.8) is 0 Å². The van der Waals surface area contributed by atoms with Gasteiger partial charge in [-0.3, -0.25) is 4.79 Å². The molecule has 5 nitrogen and oxygen atoms in total. The zero-order valence-electron chi connectivity index (χ0n) is 11.0. The topological polar surface area (TPSA) is 81.2 Å². The molecule has 2 rings (SSSR count). The summed E-state index contributed by atoms with van der Waals surface area (Å²) < 4.78 is 5.38. The summed E-state index contributed by atoms with van der Waals surface area (Å²) in [5.74, 6) is 1.000. The minimum Gasteiger partial charge on any atom is -0.444 e. The number of nitrogens with one attached hydrogen (secondary N) is 1. The smallest absolute Gasteiger partial charge is 0.241 e. The van der Waals surface area contributed by atoms with Crippen LogP contribution in [0.2, 0.25) is 0 Å². The Kier molecular flexibility index (Phi) is 3.97. The SMILES string of the molecule is Cc1nc(CNC(=O)[C@H](N)c2ccccc2)oc1C. The molecule has 1 aromatic carbocycles. The van der Waals surface area contributed by atoms with Gasteiger partial charge in [0.15, 0.2) is 0 Å². The maximum atomic E-state index is 11.9. The van der Waals surface area contributed by atoms with E-state index < -0.39 is 6.04 Å². The molecule has 0 bridgehead atoms. The van der Waals surface area contributed by atoms with Crippen molar-refractivity contribution in [3.8, 4) is 0 Å². The highest BCUT2D eigenvalue weighted by atomic mass is 16.4. The molecule has 0 radical (unpaired) electrons. The summed E-state index contributed by atoms with van der Waals surface area (Å²) in [6, 6.07) is 8.55. The Hall–Kier alpha value is -2.14. The number of nitrogens with two attached hydrogens (primary N) is 1. The van der Waals surface area contributed by atoms with Gasteiger partial charge < -0.3 is 15.5 Å². The predicted octanol–water partition coefficient (Wildman–Crippen LogP) is 1.61. The lowest BCUT2D eigenvalue weighted by Gasteiger charge is -2.11. The Labute approximate surface area is 111 Å². The number of oxazole rings is 1. The van der Waals surface area contributed by atoms with Crippen molar-refractivity contribution in [2.75, 3.05) is 0 Å². The molecule has 0 fully saturated rings. The standard InChI is InChI=1S/C14H17N3O2/c1-9-10(2)19-12(17-9)8-16-14(18)13(15)11-6-4-3-5-7-11/h3-7,13H,8,15H2,1-2H3,(H,16,18)/t13-/m1/s1. The van der Waals surface area contributed by atoms with Crippen LogP contribution < -0.4 is 11.1 Å². The van der Waals surface area contributed by atoms with Crippen molar-refractivity contribution in [1.82, 2.24) is 10.3 Å². The molecule has 0 saturated carbocycles. The number of carbonyl (C=O) groups is 1. The number of aryl methyl sites for hydroxylation is 2. The molecule has 1 aromatic heterocycles. The molecule has 19 heavy (non-hydrogen) atoms. The summed E-state index contributed by atoms with van der Waals surface area (Å²) in [7, 11) is 0. The first-order chi connectivity index (χ1) is 9.08. The third kappa shape index (κ3) is 3.20. The molecule has 1 amide bonds. The number of nitrogens with zero attached hydrogens (tertiary/aromatic N) is 1. The van der Waals surface area contributed by atoms with Gasteiger partial charge in [0, 0.05) is 0 Å². The molecular formula is C14H17N3O2. The minimum absolute atomic E-state index is 0.244. The van der Waals surface area contributed by atoms with Gasteiger partial charge in [0.05, 0.1) is 12.2 Å². The van der Waals surface area contributed by atoms with Gasteiger partial charge in [-0.2, -0.15) is 0 Å². The van der Waals surface area contributed by atoms with Crippen LogP contribution in [0.1, 0.15) is 29.0 Å². The van der Waals surface area contributed by atoms with Gasteiger partial charge in [0.25, 0.3) is 0 Å². The lowest BCUT2D eigenvalue weighted by atomic mass is 10.1. The summed E-state index contributed by atoms with van der Waals surface area (Å²) in [5.41, 5.74) is 7.48. The number of hydrogen-bond acceptors (Lipinski definition) is 4. The second kappa shape index (κ2) is 5.67. The molecule has 0 spiro atoms. The first-order valence-corrected chi connectivity index (χ1v) is 6.09. The molecule has 0 aliphatic rings. The van der Waals surface area contributed by atoms with Crippen LogP contribution in [0.15, 0.2) is 34.7 Å². The van der Waals surface area contributed by atoms with E-state index in [1.807, 2.05) is 44.2 Å². The minimum atomic E-state index is -0.682. The van der Waals surface area contributed by atoms with Crippen molar-refractivity contribution in [2.45, 2.75) is 26.4 Å². The zero-order chi connectivity index (χ0) is 13.8. The van der Waals surface area contributed by atoms with Gasteiger partial charge in [0.1, 0.15) is 11.8 Å². The number of aromatic nitrogens is 1. The van der Waals surface area contributed by atoms with Crippen LogP contribution in [0.4, 0.5) is 0 Å². The number of benzene rings is 1. The van der Waals surface area contributed by atoms with Crippen molar-refractivity contribution >= 4 is 5.91 Å². The highest BCUT2D eigenvalue weighted by Gasteiger charge is 2.16. The normalized spacial score (nSPS) is 12.2. The van der Waals surface area contributed by atoms with Gasteiger partial charge in [-0.15, -0.1) is 0 Å². The Balaban J connectivity index is 1.94. The van der Waals surface area contributed by atoms with E-state index >= 15 is 0 Å². The average Bonchev–Trinajstić information content (AvgIpc) is 2.75. The van der Waals surface area contributed by atoms with E-state index in [0.29, 0.717) is 5.89 Å². The van der Waals surface area contributed by atoms with E-state index in [-0.39, 0.29) is 12.5 Å². The average molecular weight is 259 g/mol. The first-order valence-electron chi connectivity index (χ1n) is 6.09. The molecular weight excluding hydrogens is 242 g/mol. The van der Waals surface area contributed by atoms with Crippen molar-refractivity contribution in [3.05, 3.63) is 53.2 Å². The van der Waals surface area contributed by atoms with Crippen LogP contribution in [0.25, 0.3) is 0 Å². The summed E-state index contributed by atoms with van der Waals surface area (Å²) in [5, 5.41) is 2.72. The second-order valence-electron chi connectivity index (χ2n) is 4.36. The monoisotopic (exact) mass is 259 g/mol. The number of hydrogen-bond donors (Lipinski definition) is 2. The highest BCUT2D eigenvalue weighted by molar-refractivity contribution is 5.82. The molecule has 0 saturated heterocycles. The lowest BCUT2D eigenvalue weighted by molar-refractivity contribution is -0.122. The quantitative estimate of drug-likeness (QED) is 0.874. The largest absolute Gasteiger partial charge is 0.444 e. The highest BCUT2D eigenvalue weighted by Crippen LogP contribution is 2.11. The third-order valence-electron chi connectivity index (χ3n) is 2.93. The van der Waals surface area contributed by atoms with Crippen molar-refractivity contribution < 1.29 is 9.21 Å². The summed E-state index contributed by atoms with van der Waals surface area (Å²) >= 11 is 0. The van der Waals surface area contributed by atoms with Crippen LogP contribution in [-0.4, -0.2) is 10.9 Å². The molecule has 0 aliphatic carbocycles. The van der Waals surface area contributed by atoms with Gasteiger partial charge in [0.2, 0.25) is 11.8 Å². The number of amides is 1. The van der Waals surface area contributed by atoms with Crippen molar-refractivity contribution in [2.24, 2.45) is 5.73 Å². The zero-order valence-corrected chi connectivity index (χ0v) is 11.0. The van der Waals surface area contributed by atoms with Crippen LogP contribution >= 0.6 is 0 Å². The lowest BCUT2D eigenvalue weighted by Crippen LogP contribution is -2.33. The van der Waals surface area contributed by atoms with Crippen LogP contribution in [-0.2, 0) is 11.3 Å². The molecule has 0 aliphatic heterocycles. The first kappa shape index (κ1) is 13.3. The van der Waals surface area contributed by atoms with E-state index in [1.54, 1.807) is 0 Å². The Bertz CT molecular complexity index is 544. The summed E-state index contributed by atoms with van der Waals surface area (Å²) in [4.78, 5) is 16.1. The number of carbonyl (C=O) groups excluding carboxylic acids is 1. The predicted molar refractivity (Wildman–Crippen MR) is 71.2 cm³/mol. The van der Waals surface area contributed by atoms with Gasteiger partial charge >= 0.3 is 0 Å². The molecule has 2 aromatic rings. The molecule has 5 heteroatoms. The van der Waals surface area contributed by atoms with Crippen molar-refractivity contribution in [1.29, 1.82) is 0 Å². The molecule has 1 heterocycles. The van der Waals surface area contributed by atoms with E-state index in [2.05, 4.69) is 10.3 Å². The molecule has 0 unspecified atom stereocenters. The summed E-state index contributed by atoms with van der Waals surface area (Å²) in [6.45, 7) is 3.94. The van der Waals surface area contributed by atoms with Gasteiger partial charge in [-0.25, -0.2) is 4.98 Å².